The minimum Gasteiger partial charge on any atom is -0.494 e. The monoisotopic (exact) mass is 338 g/mol. The van der Waals surface area contributed by atoms with Crippen molar-refractivity contribution in [1.29, 1.82) is 0 Å². The summed E-state index contributed by atoms with van der Waals surface area (Å²) in [7, 11) is 0. The van der Waals surface area contributed by atoms with E-state index in [-0.39, 0.29) is 12.8 Å². The average molecular weight is 338 g/mol. The van der Waals surface area contributed by atoms with Gasteiger partial charge in [-0.2, -0.15) is 0 Å². The highest BCUT2D eigenvalue weighted by atomic mass is 16.5. The van der Waals surface area contributed by atoms with Gasteiger partial charge in [-0.25, -0.2) is 0 Å². The minimum atomic E-state index is -0.740. The Bertz CT molecular complexity index is 411. The normalized spacial score (nSPS) is 9.71. The van der Waals surface area contributed by atoms with Crippen molar-refractivity contribution in [2.24, 2.45) is 0 Å². The summed E-state index contributed by atoms with van der Waals surface area (Å²) in [6.45, 7) is 2.91. The van der Waals surface area contributed by atoms with E-state index in [9.17, 15) is 9.59 Å². The summed E-state index contributed by atoms with van der Waals surface area (Å²) in [6.07, 6.45) is 6.89. The van der Waals surface area contributed by atoms with Crippen LogP contribution in [0, 0.1) is 0 Å². The fraction of sp³-hybridized carbons (Fsp3) is 0.579. The molecule has 0 bridgehead atoms. The molecule has 0 aromatic heterocycles. The smallest absolute Gasteiger partial charge is 0.303 e. The van der Waals surface area contributed by atoms with Gasteiger partial charge in [0.1, 0.15) is 5.75 Å². The number of carboxylic acids is 2. The number of ether oxygens (including phenoxy) is 1. The summed E-state index contributed by atoms with van der Waals surface area (Å²) in [5.41, 5.74) is 0. The summed E-state index contributed by atoms with van der Waals surface area (Å²) in [5, 5.41) is 16.7. The van der Waals surface area contributed by atoms with Crippen LogP contribution in [0.5, 0.6) is 5.75 Å². The van der Waals surface area contributed by atoms with Gasteiger partial charge in [0.2, 0.25) is 0 Å². The molecule has 2 N–H and O–H groups in total. The second kappa shape index (κ2) is 15.8. The highest BCUT2D eigenvalue weighted by Gasteiger charge is 1.98. The molecule has 0 radical (unpaired) electrons. The van der Waals surface area contributed by atoms with Crippen molar-refractivity contribution in [2.45, 2.75) is 64.7 Å². The first-order chi connectivity index (χ1) is 11.6. The lowest BCUT2D eigenvalue weighted by atomic mass is 10.1. The van der Waals surface area contributed by atoms with Crippen molar-refractivity contribution in [3.05, 3.63) is 30.3 Å². The van der Waals surface area contributed by atoms with Gasteiger partial charge in [0.25, 0.3) is 0 Å². The molecule has 0 saturated heterocycles. The highest BCUT2D eigenvalue weighted by Crippen LogP contribution is 2.08. The van der Waals surface area contributed by atoms with Gasteiger partial charge in [-0.15, -0.1) is 0 Å². The maximum absolute atomic E-state index is 10.1. The summed E-state index contributed by atoms with van der Waals surface area (Å²) in [4.78, 5) is 20.3. The van der Waals surface area contributed by atoms with Crippen molar-refractivity contribution >= 4 is 11.9 Å². The van der Waals surface area contributed by atoms with Crippen LogP contribution in [0.25, 0.3) is 0 Å². The molecule has 0 aliphatic heterocycles. The van der Waals surface area contributed by atoms with Crippen LogP contribution < -0.4 is 4.74 Å². The van der Waals surface area contributed by atoms with Gasteiger partial charge in [0.05, 0.1) is 6.61 Å². The van der Waals surface area contributed by atoms with Crippen LogP contribution in [0.3, 0.4) is 0 Å². The SMILES string of the molecule is CCCOc1ccccc1.O=C(O)CCCCCCCCC(=O)O. The fourth-order valence-corrected chi connectivity index (χ4v) is 2.00. The summed E-state index contributed by atoms with van der Waals surface area (Å²) < 4.78 is 5.36. The second-order valence-electron chi connectivity index (χ2n) is 5.57. The first kappa shape index (κ1) is 22.0. The first-order valence-electron chi connectivity index (χ1n) is 8.67. The van der Waals surface area contributed by atoms with Gasteiger partial charge >= 0.3 is 11.9 Å². The Kier molecular flexibility index (Phi) is 14.5. The summed E-state index contributed by atoms with van der Waals surface area (Å²) in [5.74, 6) is -0.517. The zero-order valence-electron chi connectivity index (χ0n) is 14.6. The maximum Gasteiger partial charge on any atom is 0.303 e. The molecule has 0 saturated carbocycles. The molecule has 1 aromatic rings. The van der Waals surface area contributed by atoms with Crippen LogP contribution in [0.4, 0.5) is 0 Å². The third-order valence-electron chi connectivity index (χ3n) is 3.25. The van der Waals surface area contributed by atoms with Crippen LogP contribution in [-0.4, -0.2) is 28.8 Å². The Balaban J connectivity index is 0.000000463. The largest absolute Gasteiger partial charge is 0.494 e. The van der Waals surface area contributed by atoms with Crippen molar-refractivity contribution < 1.29 is 24.5 Å². The summed E-state index contributed by atoms with van der Waals surface area (Å²) >= 11 is 0. The van der Waals surface area contributed by atoms with Crippen molar-refractivity contribution in [3.8, 4) is 5.75 Å². The molecule has 1 rings (SSSR count). The van der Waals surface area contributed by atoms with Gasteiger partial charge in [0, 0.05) is 12.8 Å². The molecular formula is C19H30O5. The third-order valence-corrected chi connectivity index (χ3v) is 3.25. The standard InChI is InChI=1S/C10H18O4.C9H12O/c11-9(12)7-5-3-1-2-4-6-8-10(13)14;1-2-8-10-9-6-4-3-5-7-9/h1-8H2,(H,11,12)(H,13,14);3-7H,2,8H2,1H3. The quantitative estimate of drug-likeness (QED) is 0.537. The van der Waals surface area contributed by atoms with E-state index < -0.39 is 11.9 Å². The van der Waals surface area contributed by atoms with Crippen LogP contribution >= 0.6 is 0 Å². The van der Waals surface area contributed by atoms with Crippen LogP contribution in [-0.2, 0) is 9.59 Å². The molecule has 0 fully saturated rings. The van der Waals surface area contributed by atoms with E-state index >= 15 is 0 Å². The predicted molar refractivity (Wildman–Crippen MR) is 94.4 cm³/mol. The van der Waals surface area contributed by atoms with E-state index in [0.717, 1.165) is 57.3 Å². The molecule has 0 unspecified atom stereocenters. The molecule has 136 valence electrons. The van der Waals surface area contributed by atoms with E-state index in [1.165, 1.54) is 0 Å². The predicted octanol–water partition coefficient (Wildman–Crippen LogP) is 4.75. The Hall–Kier alpha value is -2.04. The molecule has 5 heteroatoms. The fourth-order valence-electron chi connectivity index (χ4n) is 2.00. The molecule has 0 spiro atoms. The lowest BCUT2D eigenvalue weighted by molar-refractivity contribution is -0.138. The molecule has 5 nitrogen and oxygen atoms in total. The zero-order chi connectivity index (χ0) is 18.0. The molecule has 1 aromatic carbocycles. The number of carboxylic acid groups (broad SMARTS) is 2. The van der Waals surface area contributed by atoms with E-state index in [2.05, 4.69) is 6.92 Å². The van der Waals surface area contributed by atoms with E-state index in [4.69, 9.17) is 14.9 Å². The van der Waals surface area contributed by atoms with Gasteiger partial charge in [-0.3, -0.25) is 9.59 Å². The van der Waals surface area contributed by atoms with Gasteiger partial charge in [0.15, 0.2) is 0 Å². The Morgan fingerprint density at radius 3 is 1.71 bits per heavy atom. The zero-order valence-corrected chi connectivity index (χ0v) is 14.6. The molecule has 0 atom stereocenters. The van der Waals surface area contributed by atoms with E-state index in [1.807, 2.05) is 30.3 Å². The number of carbonyl (C=O) groups is 2. The number of aliphatic carboxylic acids is 2. The molecule has 0 aliphatic rings. The molecule has 0 amide bonds. The highest BCUT2D eigenvalue weighted by molar-refractivity contribution is 5.66. The molecule has 0 aliphatic carbocycles. The summed E-state index contributed by atoms with van der Waals surface area (Å²) in [6, 6.07) is 9.88. The van der Waals surface area contributed by atoms with Gasteiger partial charge in [-0.1, -0.05) is 50.8 Å². The number of hydrogen-bond acceptors (Lipinski definition) is 3. The van der Waals surface area contributed by atoms with E-state index in [0.29, 0.717) is 0 Å². The molecule has 24 heavy (non-hydrogen) atoms. The van der Waals surface area contributed by atoms with Crippen LogP contribution in [0.1, 0.15) is 64.7 Å². The van der Waals surface area contributed by atoms with Crippen molar-refractivity contribution in [2.75, 3.05) is 6.61 Å². The molecular weight excluding hydrogens is 308 g/mol. The van der Waals surface area contributed by atoms with E-state index in [1.54, 1.807) is 0 Å². The van der Waals surface area contributed by atoms with Crippen LogP contribution in [0.15, 0.2) is 30.3 Å². The Morgan fingerprint density at radius 2 is 1.29 bits per heavy atom. The number of rotatable bonds is 12. The second-order valence-corrected chi connectivity index (χ2v) is 5.57. The number of hydrogen-bond donors (Lipinski definition) is 2. The molecule has 0 heterocycles. The van der Waals surface area contributed by atoms with Crippen molar-refractivity contribution in [3.63, 3.8) is 0 Å². The topological polar surface area (TPSA) is 83.8 Å². The number of benzene rings is 1. The van der Waals surface area contributed by atoms with Gasteiger partial charge < -0.3 is 14.9 Å². The lowest BCUT2D eigenvalue weighted by Gasteiger charge is -2.01. The minimum absolute atomic E-state index is 0.245. The third kappa shape index (κ3) is 16.3. The number of unbranched alkanes of at least 4 members (excludes halogenated alkanes) is 5. The maximum atomic E-state index is 10.1. The lowest BCUT2D eigenvalue weighted by Crippen LogP contribution is -1.94. The average Bonchev–Trinajstić information content (AvgIpc) is 2.56. The Morgan fingerprint density at radius 1 is 0.833 bits per heavy atom. The van der Waals surface area contributed by atoms with Crippen LogP contribution in [0.2, 0.25) is 0 Å². The Labute approximate surface area is 144 Å². The van der Waals surface area contributed by atoms with Crippen molar-refractivity contribution in [1.82, 2.24) is 0 Å². The first-order valence-corrected chi connectivity index (χ1v) is 8.67. The number of para-hydroxylation sites is 1. The van der Waals surface area contributed by atoms with Gasteiger partial charge in [-0.05, 0) is 31.4 Å².